The molecule has 4 aromatic rings. The average Bonchev–Trinajstić information content (AvgIpc) is 3.24. The minimum absolute atomic E-state index is 0.0586. The van der Waals surface area contributed by atoms with Crippen molar-refractivity contribution in [3.8, 4) is 23.1 Å². The lowest BCUT2D eigenvalue weighted by Gasteiger charge is -2.27. The monoisotopic (exact) mass is 439 g/mol. The Balaban J connectivity index is 1.73. The van der Waals surface area contributed by atoms with Crippen LogP contribution < -0.4 is 9.64 Å². The van der Waals surface area contributed by atoms with Gasteiger partial charge in [0.05, 0.1) is 37.6 Å². The Morgan fingerprint density at radius 2 is 1.78 bits per heavy atom. The molecule has 4 heterocycles. The molecule has 11 heteroatoms. The molecule has 0 spiro atoms. The highest BCUT2D eigenvalue weighted by Crippen LogP contribution is 2.29. The third-order valence-corrected chi connectivity index (χ3v) is 5.09. The summed E-state index contributed by atoms with van der Waals surface area (Å²) in [4.78, 5) is 23.9. The third-order valence-electron chi connectivity index (χ3n) is 5.09. The minimum Gasteiger partial charge on any atom is -0.495 e. The molecule has 0 atom stereocenters. The van der Waals surface area contributed by atoms with Crippen LogP contribution in [0.4, 0.5) is 14.7 Å². The van der Waals surface area contributed by atoms with Gasteiger partial charge in [0.2, 0.25) is 11.9 Å². The molecule has 1 aliphatic rings. The summed E-state index contributed by atoms with van der Waals surface area (Å²) in [6.07, 6.45) is 0.338. The van der Waals surface area contributed by atoms with Crippen molar-refractivity contribution in [1.82, 2.24) is 29.5 Å². The number of imidazole rings is 1. The van der Waals surface area contributed by atoms with Crippen LogP contribution in [0.3, 0.4) is 0 Å². The van der Waals surface area contributed by atoms with Gasteiger partial charge in [-0.3, -0.25) is 9.55 Å². The molecule has 1 aliphatic heterocycles. The highest BCUT2D eigenvalue weighted by molar-refractivity contribution is 5.77. The molecular formula is C21H19F2N7O2. The van der Waals surface area contributed by atoms with Crippen LogP contribution >= 0.6 is 0 Å². The summed E-state index contributed by atoms with van der Waals surface area (Å²) in [5, 5.41) is 0. The summed E-state index contributed by atoms with van der Waals surface area (Å²) < 4.78 is 39.8. The number of ether oxygens (including phenoxy) is 2. The Bertz CT molecular complexity index is 1260. The van der Waals surface area contributed by atoms with Gasteiger partial charge in [-0.15, -0.1) is 0 Å². The van der Waals surface area contributed by atoms with Crippen molar-refractivity contribution in [2.75, 3.05) is 38.3 Å². The van der Waals surface area contributed by atoms with Crippen molar-refractivity contribution >= 4 is 17.0 Å². The van der Waals surface area contributed by atoms with E-state index in [0.717, 1.165) is 0 Å². The molecule has 1 aromatic carbocycles. The molecule has 0 unspecified atom stereocenters. The highest BCUT2D eigenvalue weighted by Gasteiger charge is 2.24. The lowest BCUT2D eigenvalue weighted by Crippen LogP contribution is -2.37. The Labute approximate surface area is 181 Å². The van der Waals surface area contributed by atoms with Crippen molar-refractivity contribution in [3.05, 3.63) is 48.5 Å². The number of aromatic nitrogens is 6. The van der Waals surface area contributed by atoms with Crippen LogP contribution in [0.1, 0.15) is 12.2 Å². The zero-order valence-electron chi connectivity index (χ0n) is 17.2. The van der Waals surface area contributed by atoms with Crippen molar-refractivity contribution in [3.63, 3.8) is 0 Å². The summed E-state index contributed by atoms with van der Waals surface area (Å²) >= 11 is 0. The molecule has 32 heavy (non-hydrogen) atoms. The van der Waals surface area contributed by atoms with Gasteiger partial charge in [0.25, 0.3) is 6.43 Å². The van der Waals surface area contributed by atoms with Gasteiger partial charge >= 0.3 is 0 Å². The van der Waals surface area contributed by atoms with Crippen LogP contribution in [0, 0.1) is 0 Å². The number of hydrogen-bond donors (Lipinski definition) is 0. The quantitative estimate of drug-likeness (QED) is 0.469. The third kappa shape index (κ3) is 3.71. The molecule has 1 fully saturated rings. The van der Waals surface area contributed by atoms with E-state index in [1.54, 1.807) is 42.7 Å². The molecule has 0 saturated carbocycles. The van der Waals surface area contributed by atoms with Gasteiger partial charge < -0.3 is 14.4 Å². The van der Waals surface area contributed by atoms with Crippen LogP contribution in [0.15, 0.2) is 42.7 Å². The number of rotatable bonds is 5. The van der Waals surface area contributed by atoms with Gasteiger partial charge in [-0.25, -0.2) is 13.8 Å². The van der Waals surface area contributed by atoms with Crippen LogP contribution in [0.25, 0.3) is 28.4 Å². The molecule has 0 N–H and O–H groups in total. The molecule has 0 radical (unpaired) electrons. The van der Waals surface area contributed by atoms with E-state index in [1.165, 1.54) is 11.7 Å². The first-order chi connectivity index (χ1) is 15.6. The van der Waals surface area contributed by atoms with E-state index in [4.69, 9.17) is 9.47 Å². The van der Waals surface area contributed by atoms with Gasteiger partial charge in [0.1, 0.15) is 5.75 Å². The zero-order chi connectivity index (χ0) is 22.1. The predicted octanol–water partition coefficient (Wildman–Crippen LogP) is 3.06. The first-order valence-corrected chi connectivity index (χ1v) is 9.98. The number of pyridine rings is 1. The SMILES string of the molecule is COc1cncc(-c2nc(N3CCOCC3)nc(-n3c(C(F)F)nc4ccccc43)n2)c1. The summed E-state index contributed by atoms with van der Waals surface area (Å²) in [5.74, 6) is 0.817. The molecular weight excluding hydrogens is 420 g/mol. The first-order valence-electron chi connectivity index (χ1n) is 9.98. The van der Waals surface area contributed by atoms with E-state index in [1.807, 2.05) is 4.90 Å². The lowest BCUT2D eigenvalue weighted by atomic mass is 10.2. The maximum absolute atomic E-state index is 13.9. The number of anilines is 1. The van der Waals surface area contributed by atoms with Crippen molar-refractivity contribution in [1.29, 1.82) is 0 Å². The van der Waals surface area contributed by atoms with Crippen LogP contribution in [0.2, 0.25) is 0 Å². The summed E-state index contributed by atoms with van der Waals surface area (Å²) in [5.41, 5.74) is 1.49. The Kier molecular flexibility index (Phi) is 5.31. The van der Waals surface area contributed by atoms with Gasteiger partial charge in [0.15, 0.2) is 11.6 Å². The predicted molar refractivity (Wildman–Crippen MR) is 112 cm³/mol. The maximum Gasteiger partial charge on any atom is 0.296 e. The highest BCUT2D eigenvalue weighted by atomic mass is 19.3. The molecule has 0 amide bonds. The van der Waals surface area contributed by atoms with E-state index >= 15 is 0 Å². The summed E-state index contributed by atoms with van der Waals surface area (Å²) in [6.45, 7) is 2.19. The molecule has 1 saturated heterocycles. The van der Waals surface area contributed by atoms with Gasteiger partial charge in [0, 0.05) is 24.8 Å². The first kappa shape index (κ1) is 20.2. The van der Waals surface area contributed by atoms with Crippen LogP contribution in [-0.4, -0.2) is 62.9 Å². The van der Waals surface area contributed by atoms with Crippen molar-refractivity contribution in [2.45, 2.75) is 6.43 Å². The smallest absolute Gasteiger partial charge is 0.296 e. The number of fused-ring (bicyclic) bond motifs is 1. The van der Waals surface area contributed by atoms with Crippen molar-refractivity contribution in [2.24, 2.45) is 0 Å². The molecule has 3 aromatic heterocycles. The zero-order valence-corrected chi connectivity index (χ0v) is 17.2. The number of nitrogens with zero attached hydrogens (tertiary/aromatic N) is 7. The van der Waals surface area contributed by atoms with E-state index < -0.39 is 12.2 Å². The second-order valence-electron chi connectivity index (χ2n) is 7.07. The van der Waals surface area contributed by atoms with Crippen LogP contribution in [0.5, 0.6) is 5.75 Å². The van der Waals surface area contributed by atoms with E-state index in [0.29, 0.717) is 60.4 Å². The van der Waals surface area contributed by atoms with E-state index in [9.17, 15) is 8.78 Å². The van der Waals surface area contributed by atoms with Crippen molar-refractivity contribution < 1.29 is 18.3 Å². The average molecular weight is 439 g/mol. The van der Waals surface area contributed by atoms with E-state index in [2.05, 4.69) is 24.9 Å². The number of para-hydroxylation sites is 2. The summed E-state index contributed by atoms with van der Waals surface area (Å²) in [7, 11) is 1.53. The molecule has 0 aliphatic carbocycles. The summed E-state index contributed by atoms with van der Waals surface area (Å²) in [6, 6.07) is 8.62. The maximum atomic E-state index is 13.9. The number of morpholine rings is 1. The number of halogens is 2. The fourth-order valence-electron chi connectivity index (χ4n) is 3.54. The minimum atomic E-state index is -2.81. The van der Waals surface area contributed by atoms with Gasteiger partial charge in [-0.1, -0.05) is 12.1 Å². The number of alkyl halides is 2. The van der Waals surface area contributed by atoms with Gasteiger partial charge in [-0.05, 0) is 18.2 Å². The molecule has 9 nitrogen and oxygen atoms in total. The molecule has 164 valence electrons. The largest absolute Gasteiger partial charge is 0.495 e. The number of hydrogen-bond acceptors (Lipinski definition) is 8. The Morgan fingerprint density at radius 3 is 2.56 bits per heavy atom. The Hall–Kier alpha value is -3.73. The fraction of sp³-hybridized carbons (Fsp3) is 0.286. The second kappa shape index (κ2) is 8.42. The van der Waals surface area contributed by atoms with Gasteiger partial charge in [-0.2, -0.15) is 15.0 Å². The molecule has 0 bridgehead atoms. The fourth-order valence-corrected chi connectivity index (χ4v) is 3.54. The van der Waals surface area contributed by atoms with Crippen LogP contribution in [-0.2, 0) is 4.74 Å². The molecule has 5 rings (SSSR count). The standard InChI is InChI=1S/C21H19F2N7O2/c1-31-14-10-13(11-24-12-14)18-26-20(29-6-8-32-9-7-29)28-21(27-18)30-16-5-3-2-4-15(16)25-19(30)17(22)23/h2-5,10-12,17H,6-9H2,1H3. The van der Waals surface area contributed by atoms with E-state index in [-0.39, 0.29) is 5.95 Å². The Morgan fingerprint density at radius 1 is 1.00 bits per heavy atom. The lowest BCUT2D eigenvalue weighted by molar-refractivity contribution is 0.122. The topological polar surface area (TPSA) is 91.1 Å². The normalized spacial score (nSPS) is 14.3. The second-order valence-corrected chi connectivity index (χ2v) is 7.07. The number of benzene rings is 1. The number of methoxy groups -OCH3 is 1.